The Morgan fingerprint density at radius 3 is 2.95 bits per heavy atom. The molecule has 22 heavy (non-hydrogen) atoms. The van der Waals surface area contributed by atoms with Crippen LogP contribution >= 0.6 is 11.3 Å². The van der Waals surface area contributed by atoms with E-state index in [4.69, 9.17) is 10.7 Å². The molecule has 0 unspecified atom stereocenters. The molecule has 122 valence electrons. The fourth-order valence-corrected chi connectivity index (χ4v) is 4.49. The zero-order valence-electron chi connectivity index (χ0n) is 13.1. The molecule has 5 nitrogen and oxygen atoms in total. The number of anilines is 1. The van der Waals surface area contributed by atoms with Crippen LogP contribution in [0.1, 0.15) is 37.8 Å². The third-order valence-corrected chi connectivity index (χ3v) is 5.85. The number of carbonyl (C=O) groups is 1. The van der Waals surface area contributed by atoms with Crippen molar-refractivity contribution in [2.24, 2.45) is 17.6 Å². The summed E-state index contributed by atoms with van der Waals surface area (Å²) in [7, 11) is 0. The second-order valence-electron chi connectivity index (χ2n) is 6.39. The fraction of sp³-hybridized carbons (Fsp3) is 0.750. The molecule has 0 spiro atoms. The van der Waals surface area contributed by atoms with Crippen LogP contribution in [0.15, 0.2) is 5.38 Å². The Morgan fingerprint density at radius 2 is 2.18 bits per heavy atom. The number of aromatic nitrogens is 1. The van der Waals surface area contributed by atoms with E-state index in [-0.39, 0.29) is 11.8 Å². The van der Waals surface area contributed by atoms with Crippen molar-refractivity contribution in [1.82, 2.24) is 10.3 Å². The summed E-state index contributed by atoms with van der Waals surface area (Å²) in [6, 6.07) is 0. The molecular weight excluding hydrogens is 296 g/mol. The van der Waals surface area contributed by atoms with Crippen LogP contribution in [-0.4, -0.2) is 37.1 Å². The maximum atomic E-state index is 12.2. The van der Waals surface area contributed by atoms with Crippen molar-refractivity contribution in [2.75, 3.05) is 31.1 Å². The highest BCUT2D eigenvalue weighted by Crippen LogP contribution is 2.31. The smallest absolute Gasteiger partial charge is 0.223 e. The third kappa shape index (κ3) is 3.60. The van der Waals surface area contributed by atoms with Crippen LogP contribution in [0, 0.1) is 11.8 Å². The lowest BCUT2D eigenvalue weighted by molar-refractivity contribution is -0.125. The minimum Gasteiger partial charge on any atom is -0.355 e. The van der Waals surface area contributed by atoms with Crippen molar-refractivity contribution in [3.63, 3.8) is 0 Å². The lowest BCUT2D eigenvalue weighted by Crippen LogP contribution is -2.36. The molecule has 3 N–H and O–H groups in total. The second-order valence-corrected chi connectivity index (χ2v) is 7.23. The molecule has 2 aliphatic rings. The Morgan fingerprint density at radius 1 is 1.36 bits per heavy atom. The summed E-state index contributed by atoms with van der Waals surface area (Å²) in [6.45, 7) is 3.57. The molecule has 1 aliphatic carbocycles. The monoisotopic (exact) mass is 322 g/mol. The van der Waals surface area contributed by atoms with Crippen LogP contribution in [0.25, 0.3) is 0 Å². The van der Waals surface area contributed by atoms with Crippen LogP contribution in [0.4, 0.5) is 5.13 Å². The van der Waals surface area contributed by atoms with E-state index in [1.807, 2.05) is 0 Å². The molecule has 1 aromatic rings. The summed E-state index contributed by atoms with van der Waals surface area (Å²) in [5, 5.41) is 6.33. The van der Waals surface area contributed by atoms with E-state index in [1.165, 1.54) is 12.8 Å². The number of hydrogen-bond acceptors (Lipinski definition) is 5. The van der Waals surface area contributed by atoms with Gasteiger partial charge in [-0.25, -0.2) is 4.98 Å². The summed E-state index contributed by atoms with van der Waals surface area (Å²) in [4.78, 5) is 19.3. The lowest BCUT2D eigenvalue weighted by atomic mass is 9.95. The van der Waals surface area contributed by atoms with E-state index in [0.717, 1.165) is 49.6 Å². The van der Waals surface area contributed by atoms with Crippen LogP contribution in [0.3, 0.4) is 0 Å². The van der Waals surface area contributed by atoms with E-state index >= 15 is 0 Å². The van der Waals surface area contributed by atoms with Crippen molar-refractivity contribution < 1.29 is 4.79 Å². The van der Waals surface area contributed by atoms with Crippen LogP contribution < -0.4 is 16.0 Å². The maximum absolute atomic E-state index is 12.2. The van der Waals surface area contributed by atoms with Crippen molar-refractivity contribution in [3.05, 3.63) is 11.1 Å². The molecule has 2 atom stereocenters. The van der Waals surface area contributed by atoms with Gasteiger partial charge in [0.05, 0.1) is 5.69 Å². The Kier molecular flexibility index (Phi) is 5.31. The minimum atomic E-state index is 0.126. The molecule has 2 heterocycles. The largest absolute Gasteiger partial charge is 0.355 e. The van der Waals surface area contributed by atoms with Crippen molar-refractivity contribution in [1.29, 1.82) is 0 Å². The van der Waals surface area contributed by atoms with E-state index in [1.54, 1.807) is 11.3 Å². The highest BCUT2D eigenvalue weighted by atomic mass is 32.1. The van der Waals surface area contributed by atoms with Crippen molar-refractivity contribution in [3.8, 4) is 0 Å². The van der Waals surface area contributed by atoms with Gasteiger partial charge in [-0.2, -0.15) is 0 Å². The predicted molar refractivity (Wildman–Crippen MR) is 90.2 cm³/mol. The molecular formula is C16H26N4OS. The average Bonchev–Trinajstić information content (AvgIpc) is 3.26. The van der Waals surface area contributed by atoms with E-state index in [0.29, 0.717) is 19.0 Å². The number of rotatable bonds is 6. The summed E-state index contributed by atoms with van der Waals surface area (Å²) in [6.07, 6.45) is 6.58. The SMILES string of the molecule is NC[C@H]1CCC[C@H]1C(=O)NCCc1csc(N2CCCC2)n1. The Balaban J connectivity index is 1.44. The van der Waals surface area contributed by atoms with Gasteiger partial charge in [0.25, 0.3) is 0 Å². The third-order valence-electron chi connectivity index (χ3n) is 4.90. The number of amides is 1. The number of carbonyl (C=O) groups excluding carboxylic acids is 1. The van der Waals surface area contributed by atoms with E-state index in [9.17, 15) is 4.79 Å². The summed E-state index contributed by atoms with van der Waals surface area (Å²) >= 11 is 1.72. The molecule has 1 aliphatic heterocycles. The van der Waals surface area contributed by atoms with Crippen molar-refractivity contribution >= 4 is 22.4 Å². The number of thiazole rings is 1. The summed E-state index contributed by atoms with van der Waals surface area (Å²) in [5.41, 5.74) is 6.84. The van der Waals surface area contributed by atoms with Crippen LogP contribution in [0.2, 0.25) is 0 Å². The standard InChI is InChI=1S/C16H26N4OS/c17-10-12-4-3-5-14(12)15(21)18-7-6-13-11-22-16(19-13)20-8-1-2-9-20/h11-12,14H,1-10,17H2,(H,18,21)/t12-,14-/m1/s1. The van der Waals surface area contributed by atoms with Gasteiger partial charge in [-0.05, 0) is 38.1 Å². The van der Waals surface area contributed by atoms with Crippen molar-refractivity contribution in [2.45, 2.75) is 38.5 Å². The molecule has 0 radical (unpaired) electrons. The summed E-state index contributed by atoms with van der Waals surface area (Å²) in [5.74, 6) is 0.685. The zero-order valence-corrected chi connectivity index (χ0v) is 13.9. The van der Waals surface area contributed by atoms with Gasteiger partial charge in [0.1, 0.15) is 0 Å². The first-order valence-electron chi connectivity index (χ1n) is 8.45. The van der Waals surface area contributed by atoms with E-state index in [2.05, 4.69) is 15.6 Å². The lowest BCUT2D eigenvalue weighted by Gasteiger charge is -2.17. The van der Waals surface area contributed by atoms with Crippen LogP contribution in [0.5, 0.6) is 0 Å². The number of nitrogens with two attached hydrogens (primary N) is 1. The van der Waals surface area contributed by atoms with Gasteiger partial charge in [0, 0.05) is 37.4 Å². The molecule has 6 heteroatoms. The number of hydrogen-bond donors (Lipinski definition) is 2. The maximum Gasteiger partial charge on any atom is 0.223 e. The van der Waals surface area contributed by atoms with Gasteiger partial charge >= 0.3 is 0 Å². The molecule has 3 rings (SSSR count). The zero-order chi connectivity index (χ0) is 15.4. The average molecular weight is 322 g/mol. The topological polar surface area (TPSA) is 71.2 Å². The predicted octanol–water partition coefficient (Wildman–Crippen LogP) is 1.78. The van der Waals surface area contributed by atoms with Gasteiger partial charge in [-0.15, -0.1) is 11.3 Å². The Bertz CT molecular complexity index is 498. The number of nitrogens with zero attached hydrogens (tertiary/aromatic N) is 2. The van der Waals surface area contributed by atoms with E-state index < -0.39 is 0 Å². The van der Waals surface area contributed by atoms with Gasteiger partial charge in [0.2, 0.25) is 5.91 Å². The normalized spacial score (nSPS) is 24.9. The highest BCUT2D eigenvalue weighted by molar-refractivity contribution is 7.13. The van der Waals surface area contributed by atoms with Gasteiger partial charge in [0.15, 0.2) is 5.13 Å². The molecule has 1 saturated heterocycles. The Hall–Kier alpha value is -1.14. The van der Waals surface area contributed by atoms with Crippen LogP contribution in [-0.2, 0) is 11.2 Å². The van der Waals surface area contributed by atoms with Gasteiger partial charge < -0.3 is 16.0 Å². The quantitative estimate of drug-likeness (QED) is 0.837. The fourth-order valence-electron chi connectivity index (χ4n) is 3.57. The Labute approximate surface area is 136 Å². The first-order chi connectivity index (χ1) is 10.8. The first kappa shape index (κ1) is 15.7. The molecule has 1 amide bonds. The molecule has 1 saturated carbocycles. The van der Waals surface area contributed by atoms with Gasteiger partial charge in [-0.1, -0.05) is 6.42 Å². The van der Waals surface area contributed by atoms with Gasteiger partial charge in [-0.3, -0.25) is 4.79 Å². The first-order valence-corrected chi connectivity index (χ1v) is 9.33. The minimum absolute atomic E-state index is 0.126. The molecule has 0 aromatic carbocycles. The molecule has 1 aromatic heterocycles. The molecule has 2 fully saturated rings. The summed E-state index contributed by atoms with van der Waals surface area (Å²) < 4.78 is 0. The highest BCUT2D eigenvalue weighted by Gasteiger charge is 2.31. The second kappa shape index (κ2) is 7.42. The molecule has 0 bridgehead atoms. The number of nitrogens with one attached hydrogen (secondary N) is 1.